The molecule has 1 heterocycles. The minimum Gasteiger partial charge on any atom is -0.492 e. The van der Waals surface area contributed by atoms with Crippen molar-refractivity contribution in [2.75, 3.05) is 43.8 Å². The van der Waals surface area contributed by atoms with Crippen LogP contribution in [0.4, 0.5) is 5.69 Å². The molecule has 1 aliphatic heterocycles. The van der Waals surface area contributed by atoms with E-state index in [1.807, 2.05) is 0 Å². The topological polar surface area (TPSA) is 113 Å². The lowest BCUT2D eigenvalue weighted by Crippen LogP contribution is -2.35. The van der Waals surface area contributed by atoms with Crippen LogP contribution in [0.5, 0.6) is 5.75 Å². The molecule has 0 spiro atoms. The molecule has 1 amide bonds. The van der Waals surface area contributed by atoms with Crippen molar-refractivity contribution >= 4 is 31.6 Å². The van der Waals surface area contributed by atoms with E-state index >= 15 is 0 Å². The molecule has 2 aromatic carbocycles. The van der Waals surface area contributed by atoms with Gasteiger partial charge in [-0.25, -0.2) is 16.8 Å². The van der Waals surface area contributed by atoms with E-state index in [1.165, 1.54) is 29.6 Å². The second kappa shape index (κ2) is 10.5. The number of nitrogens with one attached hydrogen (secondary N) is 1. The molecule has 0 bridgehead atoms. The first-order valence-corrected chi connectivity index (χ1v) is 13.9. The molecule has 1 N–H and O–H groups in total. The largest absolute Gasteiger partial charge is 0.492 e. The summed E-state index contributed by atoms with van der Waals surface area (Å²) < 4.78 is 57.0. The molecule has 1 fully saturated rings. The quantitative estimate of drug-likeness (QED) is 0.533. The maximum absolute atomic E-state index is 12.7. The highest BCUT2D eigenvalue weighted by atomic mass is 32.2. The van der Waals surface area contributed by atoms with Crippen LogP contribution >= 0.6 is 0 Å². The van der Waals surface area contributed by atoms with Crippen molar-refractivity contribution in [2.45, 2.75) is 24.2 Å². The molecule has 2 aromatic rings. The van der Waals surface area contributed by atoms with E-state index in [-0.39, 0.29) is 24.0 Å². The van der Waals surface area contributed by atoms with Crippen LogP contribution in [-0.2, 0) is 20.0 Å². The minimum atomic E-state index is -3.49. The summed E-state index contributed by atoms with van der Waals surface area (Å²) in [5, 5.41) is 2.72. The van der Waals surface area contributed by atoms with E-state index in [2.05, 4.69) is 5.32 Å². The van der Waals surface area contributed by atoms with E-state index in [4.69, 9.17) is 4.74 Å². The summed E-state index contributed by atoms with van der Waals surface area (Å²) in [6.45, 7) is 1.51. The lowest BCUT2D eigenvalue weighted by Gasteiger charge is -2.25. The first-order valence-electron chi connectivity index (χ1n) is 10.6. The zero-order valence-electron chi connectivity index (χ0n) is 18.7. The number of hydrogen-bond donors (Lipinski definition) is 1. The number of benzene rings is 2. The van der Waals surface area contributed by atoms with E-state index in [0.717, 1.165) is 29.8 Å². The van der Waals surface area contributed by atoms with Gasteiger partial charge in [0.1, 0.15) is 12.4 Å². The number of hydrogen-bond acceptors (Lipinski definition) is 6. The van der Waals surface area contributed by atoms with Crippen molar-refractivity contribution in [1.82, 2.24) is 9.62 Å². The summed E-state index contributed by atoms with van der Waals surface area (Å²) >= 11 is 0. The Balaban J connectivity index is 1.50. The lowest BCUT2D eigenvalue weighted by atomic mass is 10.2. The Morgan fingerprint density at radius 3 is 2.33 bits per heavy atom. The first-order chi connectivity index (χ1) is 15.6. The SMILES string of the molecule is CN(c1cccc(C(=O)NCCOc2ccc(S(=O)(=O)N3CCCCC3)cc2)c1)S(C)(=O)=O. The molecule has 0 saturated carbocycles. The van der Waals surface area contributed by atoms with Gasteiger partial charge in [0.05, 0.1) is 23.4 Å². The van der Waals surface area contributed by atoms with Gasteiger partial charge < -0.3 is 10.1 Å². The lowest BCUT2D eigenvalue weighted by molar-refractivity contribution is 0.0947. The fourth-order valence-corrected chi connectivity index (χ4v) is 5.45. The van der Waals surface area contributed by atoms with Crippen LogP contribution in [0, 0.1) is 0 Å². The van der Waals surface area contributed by atoms with Crippen molar-refractivity contribution in [3.05, 3.63) is 54.1 Å². The molecule has 0 unspecified atom stereocenters. The maximum atomic E-state index is 12.7. The average molecular weight is 496 g/mol. The molecule has 0 radical (unpaired) electrons. The summed E-state index contributed by atoms with van der Waals surface area (Å²) in [6.07, 6.45) is 3.90. The zero-order valence-corrected chi connectivity index (χ0v) is 20.4. The van der Waals surface area contributed by atoms with Crippen LogP contribution in [-0.4, -0.2) is 66.6 Å². The molecule has 180 valence electrons. The van der Waals surface area contributed by atoms with E-state index < -0.39 is 20.0 Å². The van der Waals surface area contributed by atoms with Gasteiger partial charge in [-0.1, -0.05) is 12.5 Å². The molecule has 0 aromatic heterocycles. The summed E-state index contributed by atoms with van der Waals surface area (Å²) in [7, 11) is -5.49. The number of amides is 1. The number of carbonyl (C=O) groups excluding carboxylic acids is 1. The highest BCUT2D eigenvalue weighted by Crippen LogP contribution is 2.22. The molecular formula is C22H29N3O6S2. The van der Waals surface area contributed by atoms with Crippen LogP contribution in [0.2, 0.25) is 0 Å². The van der Waals surface area contributed by atoms with Gasteiger partial charge in [-0.15, -0.1) is 0 Å². The van der Waals surface area contributed by atoms with Gasteiger partial charge >= 0.3 is 0 Å². The molecule has 0 aliphatic carbocycles. The van der Waals surface area contributed by atoms with Crippen LogP contribution < -0.4 is 14.4 Å². The third-order valence-corrected chi connectivity index (χ3v) is 8.52. The van der Waals surface area contributed by atoms with Gasteiger partial charge in [-0.05, 0) is 55.3 Å². The molecule has 33 heavy (non-hydrogen) atoms. The van der Waals surface area contributed by atoms with Crippen molar-refractivity contribution in [3.8, 4) is 5.75 Å². The summed E-state index contributed by atoms with van der Waals surface area (Å²) in [6, 6.07) is 12.6. The van der Waals surface area contributed by atoms with Crippen molar-refractivity contribution in [2.24, 2.45) is 0 Å². The predicted molar refractivity (Wildman–Crippen MR) is 127 cm³/mol. The summed E-state index contributed by atoms with van der Waals surface area (Å²) in [5.74, 6) is 0.143. The predicted octanol–water partition coefficient (Wildman–Crippen LogP) is 2.07. The van der Waals surface area contributed by atoms with E-state index in [9.17, 15) is 21.6 Å². The maximum Gasteiger partial charge on any atom is 0.251 e. The smallest absolute Gasteiger partial charge is 0.251 e. The molecule has 1 aliphatic rings. The molecule has 9 nitrogen and oxygen atoms in total. The Kier molecular flexibility index (Phi) is 7.98. The monoisotopic (exact) mass is 495 g/mol. The van der Waals surface area contributed by atoms with Gasteiger partial charge in [0.2, 0.25) is 20.0 Å². The number of rotatable bonds is 9. The van der Waals surface area contributed by atoms with Gasteiger partial charge in [-0.2, -0.15) is 4.31 Å². The fourth-order valence-electron chi connectivity index (χ4n) is 3.43. The number of nitrogens with zero attached hydrogens (tertiary/aromatic N) is 2. The molecule has 3 rings (SSSR count). The summed E-state index contributed by atoms with van der Waals surface area (Å²) in [5.41, 5.74) is 0.719. The zero-order chi connectivity index (χ0) is 24.1. The van der Waals surface area contributed by atoms with Gasteiger partial charge in [0, 0.05) is 25.7 Å². The third kappa shape index (κ3) is 6.46. The van der Waals surface area contributed by atoms with Gasteiger partial charge in [0.15, 0.2) is 0 Å². The van der Waals surface area contributed by atoms with Gasteiger partial charge in [0.25, 0.3) is 5.91 Å². The highest BCUT2D eigenvalue weighted by molar-refractivity contribution is 7.92. The average Bonchev–Trinajstić information content (AvgIpc) is 2.81. The highest BCUT2D eigenvalue weighted by Gasteiger charge is 2.25. The second-order valence-corrected chi connectivity index (χ2v) is 11.8. The van der Waals surface area contributed by atoms with Crippen molar-refractivity contribution in [3.63, 3.8) is 0 Å². The number of ether oxygens (including phenoxy) is 1. The standard InChI is InChI=1S/C22H29N3O6S2/c1-24(32(2,27)28)19-8-6-7-18(17-19)22(26)23-13-16-31-20-9-11-21(12-10-20)33(29,30)25-14-4-3-5-15-25/h6-12,17H,3-5,13-16H2,1-2H3,(H,23,26). The van der Waals surface area contributed by atoms with Crippen molar-refractivity contribution < 1.29 is 26.4 Å². The Morgan fingerprint density at radius 1 is 1.03 bits per heavy atom. The first kappa shape index (κ1) is 25.0. The molecule has 1 saturated heterocycles. The Bertz CT molecular complexity index is 1170. The second-order valence-electron chi connectivity index (χ2n) is 7.82. The van der Waals surface area contributed by atoms with E-state index in [1.54, 1.807) is 30.3 Å². The molecule has 11 heteroatoms. The Labute approximate surface area is 195 Å². The van der Waals surface area contributed by atoms with Crippen LogP contribution in [0.25, 0.3) is 0 Å². The van der Waals surface area contributed by atoms with Crippen LogP contribution in [0.1, 0.15) is 29.6 Å². The number of piperidine rings is 1. The van der Waals surface area contributed by atoms with Crippen LogP contribution in [0.15, 0.2) is 53.4 Å². The normalized spacial score (nSPS) is 15.1. The number of carbonyl (C=O) groups is 1. The third-order valence-electron chi connectivity index (χ3n) is 5.40. The van der Waals surface area contributed by atoms with Gasteiger partial charge in [-0.3, -0.25) is 9.10 Å². The Hall–Kier alpha value is -2.63. The summed E-state index contributed by atoms with van der Waals surface area (Å²) in [4.78, 5) is 12.6. The fraction of sp³-hybridized carbons (Fsp3) is 0.409. The van der Waals surface area contributed by atoms with E-state index in [0.29, 0.717) is 30.1 Å². The molecule has 0 atom stereocenters. The minimum absolute atomic E-state index is 0.187. The Morgan fingerprint density at radius 2 is 1.70 bits per heavy atom. The molecular weight excluding hydrogens is 466 g/mol. The van der Waals surface area contributed by atoms with Crippen LogP contribution in [0.3, 0.4) is 0 Å². The number of sulfonamides is 2. The van der Waals surface area contributed by atoms with Crippen molar-refractivity contribution in [1.29, 1.82) is 0 Å². The number of anilines is 1.